The predicted molar refractivity (Wildman–Crippen MR) is 80.9 cm³/mol. The molecule has 4 aliphatic carbocycles. The zero-order valence-corrected chi connectivity index (χ0v) is 13.1. The molecule has 0 radical (unpaired) electrons. The monoisotopic (exact) mass is 287 g/mol. The number of nitrogens with zero attached hydrogens (tertiary/aromatic N) is 3. The van der Waals surface area contributed by atoms with Crippen molar-refractivity contribution in [2.45, 2.75) is 57.5 Å². The Morgan fingerprint density at radius 3 is 2.38 bits per heavy atom. The van der Waals surface area contributed by atoms with Crippen molar-refractivity contribution in [1.82, 2.24) is 14.7 Å². The third-order valence-corrected chi connectivity index (χ3v) is 6.26. The Labute approximate surface area is 126 Å². The Morgan fingerprint density at radius 1 is 1.29 bits per heavy atom. The predicted octanol–water partition coefficient (Wildman–Crippen LogP) is 2.94. The molecule has 114 valence electrons. The van der Waals surface area contributed by atoms with Gasteiger partial charge in [-0.05, 0) is 69.3 Å². The maximum atomic E-state index is 13.0. The second-order valence-electron chi connectivity index (χ2n) is 7.54. The number of amides is 1. The highest BCUT2D eigenvalue weighted by Crippen LogP contribution is 2.57. The van der Waals surface area contributed by atoms with Crippen LogP contribution in [0.15, 0.2) is 12.3 Å². The summed E-state index contributed by atoms with van der Waals surface area (Å²) in [6, 6.07) is 1.86. The minimum absolute atomic E-state index is 0.134. The van der Waals surface area contributed by atoms with E-state index >= 15 is 0 Å². The summed E-state index contributed by atoms with van der Waals surface area (Å²) in [5.74, 6) is 2.75. The zero-order valence-electron chi connectivity index (χ0n) is 13.1. The molecule has 4 bridgehead atoms. The molecule has 1 aromatic rings. The second kappa shape index (κ2) is 4.59. The molecule has 0 saturated heterocycles. The number of hydrogen-bond acceptors (Lipinski definition) is 2. The fraction of sp³-hybridized carbons (Fsp3) is 0.765. The van der Waals surface area contributed by atoms with Gasteiger partial charge in [-0.1, -0.05) is 0 Å². The van der Waals surface area contributed by atoms with Crippen LogP contribution in [0.1, 0.15) is 55.9 Å². The average Bonchev–Trinajstić information content (AvgIpc) is 2.92. The molecule has 1 amide bonds. The minimum Gasteiger partial charge on any atom is -0.335 e. The SMILES string of the molecule is CCn1nccc1C(=O)N(C)C12CC3CC(CC(C3)C1)C2. The van der Waals surface area contributed by atoms with E-state index in [9.17, 15) is 4.79 Å². The van der Waals surface area contributed by atoms with E-state index in [2.05, 4.69) is 10.00 Å². The van der Waals surface area contributed by atoms with Gasteiger partial charge in [0, 0.05) is 25.3 Å². The lowest BCUT2D eigenvalue weighted by Crippen LogP contribution is -2.60. The van der Waals surface area contributed by atoms with E-state index in [-0.39, 0.29) is 11.4 Å². The summed E-state index contributed by atoms with van der Waals surface area (Å²) in [5, 5.41) is 4.25. The summed E-state index contributed by atoms with van der Waals surface area (Å²) in [5.41, 5.74) is 0.880. The van der Waals surface area contributed by atoms with E-state index in [1.807, 2.05) is 24.7 Å². The number of aromatic nitrogens is 2. The first-order valence-electron chi connectivity index (χ1n) is 8.41. The molecule has 0 N–H and O–H groups in total. The summed E-state index contributed by atoms with van der Waals surface area (Å²) in [6.45, 7) is 2.79. The van der Waals surface area contributed by atoms with Crippen LogP contribution >= 0.6 is 0 Å². The number of rotatable bonds is 3. The highest BCUT2D eigenvalue weighted by molar-refractivity contribution is 5.93. The van der Waals surface area contributed by atoms with Gasteiger partial charge >= 0.3 is 0 Å². The Morgan fingerprint density at radius 2 is 1.86 bits per heavy atom. The van der Waals surface area contributed by atoms with Gasteiger partial charge in [-0.3, -0.25) is 9.48 Å². The quantitative estimate of drug-likeness (QED) is 0.857. The highest BCUT2D eigenvalue weighted by atomic mass is 16.2. The molecule has 0 unspecified atom stereocenters. The fourth-order valence-electron chi connectivity index (χ4n) is 5.63. The van der Waals surface area contributed by atoms with Crippen LogP contribution in [0.2, 0.25) is 0 Å². The molecule has 0 aliphatic heterocycles. The van der Waals surface area contributed by atoms with Crippen LogP contribution in [0.5, 0.6) is 0 Å². The second-order valence-corrected chi connectivity index (χ2v) is 7.54. The molecule has 4 saturated carbocycles. The van der Waals surface area contributed by atoms with Gasteiger partial charge in [0.1, 0.15) is 5.69 Å². The minimum atomic E-state index is 0.134. The van der Waals surface area contributed by atoms with Crippen molar-refractivity contribution in [2.75, 3.05) is 7.05 Å². The average molecular weight is 287 g/mol. The number of hydrogen-bond donors (Lipinski definition) is 0. The van der Waals surface area contributed by atoms with Gasteiger partial charge in [0.05, 0.1) is 0 Å². The van der Waals surface area contributed by atoms with Gasteiger partial charge in [-0.2, -0.15) is 5.10 Å². The molecule has 4 aliphatic rings. The van der Waals surface area contributed by atoms with E-state index in [4.69, 9.17) is 0 Å². The van der Waals surface area contributed by atoms with E-state index in [1.54, 1.807) is 6.20 Å². The topological polar surface area (TPSA) is 38.1 Å². The largest absolute Gasteiger partial charge is 0.335 e. The number of carbonyl (C=O) groups is 1. The lowest BCUT2D eigenvalue weighted by Gasteiger charge is -2.59. The summed E-state index contributed by atoms with van der Waals surface area (Å²) in [4.78, 5) is 15.1. The summed E-state index contributed by atoms with van der Waals surface area (Å²) < 4.78 is 1.82. The molecule has 4 heteroatoms. The van der Waals surface area contributed by atoms with Crippen molar-refractivity contribution >= 4 is 5.91 Å². The van der Waals surface area contributed by atoms with Gasteiger partial charge < -0.3 is 4.90 Å². The molecule has 4 fully saturated rings. The summed E-state index contributed by atoms with van der Waals surface area (Å²) in [6.07, 6.45) is 9.64. The van der Waals surface area contributed by atoms with Crippen molar-refractivity contribution in [3.8, 4) is 0 Å². The molecule has 0 atom stereocenters. The van der Waals surface area contributed by atoms with Crippen molar-refractivity contribution in [1.29, 1.82) is 0 Å². The van der Waals surface area contributed by atoms with Gasteiger partial charge in [-0.15, -0.1) is 0 Å². The first kappa shape index (κ1) is 13.4. The maximum absolute atomic E-state index is 13.0. The third-order valence-electron chi connectivity index (χ3n) is 6.26. The summed E-state index contributed by atoms with van der Waals surface area (Å²) in [7, 11) is 2.03. The zero-order chi connectivity index (χ0) is 14.6. The van der Waals surface area contributed by atoms with Crippen molar-refractivity contribution in [3.05, 3.63) is 18.0 Å². The van der Waals surface area contributed by atoms with E-state index in [0.717, 1.165) is 30.0 Å². The number of carbonyl (C=O) groups excluding carboxylic acids is 1. The Hall–Kier alpha value is -1.32. The highest BCUT2D eigenvalue weighted by Gasteiger charge is 2.53. The van der Waals surface area contributed by atoms with Crippen LogP contribution in [-0.2, 0) is 6.54 Å². The molecule has 4 nitrogen and oxygen atoms in total. The van der Waals surface area contributed by atoms with Crippen molar-refractivity contribution in [2.24, 2.45) is 17.8 Å². The van der Waals surface area contributed by atoms with E-state index in [1.165, 1.54) is 38.5 Å². The Kier molecular flexibility index (Phi) is 2.92. The summed E-state index contributed by atoms with van der Waals surface area (Å²) >= 11 is 0. The molecule has 1 heterocycles. The van der Waals surface area contributed by atoms with Crippen LogP contribution in [-0.4, -0.2) is 33.2 Å². The smallest absolute Gasteiger partial charge is 0.272 e. The molecular weight excluding hydrogens is 262 g/mol. The molecule has 1 aromatic heterocycles. The lowest BCUT2D eigenvalue weighted by atomic mass is 9.52. The van der Waals surface area contributed by atoms with Crippen LogP contribution in [0, 0.1) is 17.8 Å². The van der Waals surface area contributed by atoms with Gasteiger partial charge in [0.25, 0.3) is 5.91 Å². The van der Waals surface area contributed by atoms with Gasteiger partial charge in [0.2, 0.25) is 0 Å². The van der Waals surface area contributed by atoms with Crippen LogP contribution in [0.25, 0.3) is 0 Å². The van der Waals surface area contributed by atoms with Crippen LogP contribution < -0.4 is 0 Å². The first-order chi connectivity index (χ1) is 10.1. The Balaban J connectivity index is 1.62. The van der Waals surface area contributed by atoms with E-state index < -0.39 is 0 Å². The molecule has 5 rings (SSSR count). The van der Waals surface area contributed by atoms with Crippen molar-refractivity contribution in [3.63, 3.8) is 0 Å². The first-order valence-corrected chi connectivity index (χ1v) is 8.41. The number of aryl methyl sites for hydroxylation is 1. The molecule has 21 heavy (non-hydrogen) atoms. The third kappa shape index (κ3) is 1.95. The van der Waals surface area contributed by atoms with Crippen molar-refractivity contribution < 1.29 is 4.79 Å². The van der Waals surface area contributed by atoms with Crippen LogP contribution in [0.3, 0.4) is 0 Å². The molecule has 0 aromatic carbocycles. The van der Waals surface area contributed by atoms with Gasteiger partial charge in [0.15, 0.2) is 0 Å². The van der Waals surface area contributed by atoms with Crippen LogP contribution in [0.4, 0.5) is 0 Å². The molecule has 0 spiro atoms. The van der Waals surface area contributed by atoms with Gasteiger partial charge in [-0.25, -0.2) is 0 Å². The maximum Gasteiger partial charge on any atom is 0.272 e. The Bertz CT molecular complexity index is 527. The fourth-order valence-corrected chi connectivity index (χ4v) is 5.63. The normalized spacial score (nSPS) is 37.0. The molecular formula is C17H25N3O. The standard InChI is InChI=1S/C17H25N3O/c1-3-20-15(4-5-18-20)16(21)19(2)17-9-12-6-13(10-17)8-14(7-12)11-17/h4-5,12-14H,3,6-11H2,1-2H3. The lowest BCUT2D eigenvalue weighted by molar-refractivity contribution is -0.0668. The van der Waals surface area contributed by atoms with E-state index in [0.29, 0.717) is 0 Å².